The van der Waals surface area contributed by atoms with E-state index in [1.54, 1.807) is 12.1 Å². The first-order valence-electron chi connectivity index (χ1n) is 7.81. The molecule has 154 valence electrons. The molecule has 1 aromatic heterocycles. The van der Waals surface area contributed by atoms with Crippen LogP contribution in [0, 0.1) is 0 Å². The van der Waals surface area contributed by atoms with Crippen LogP contribution in [0.25, 0.3) is 0 Å². The van der Waals surface area contributed by atoms with Crippen molar-refractivity contribution in [2.75, 3.05) is 13.7 Å². The molecule has 12 heteroatoms. The first-order valence-corrected chi connectivity index (χ1v) is 8.69. The number of thiazole rings is 1. The third kappa shape index (κ3) is 7.25. The normalized spacial score (nSPS) is 12.8. The van der Waals surface area contributed by atoms with Crippen LogP contribution < -0.4 is 15.4 Å². The molecule has 1 aromatic carbocycles. The number of ether oxygens (including phenoxy) is 1. The number of alkyl halides is 6. The second-order valence-corrected chi connectivity index (χ2v) is 6.40. The minimum Gasteiger partial charge on any atom is -0.484 e. The first-order chi connectivity index (χ1) is 13.1. The molecule has 5 nitrogen and oxygen atoms in total. The number of benzene rings is 1. The molecule has 0 saturated carbocycles. The predicted molar refractivity (Wildman–Crippen MR) is 92.1 cm³/mol. The summed E-state index contributed by atoms with van der Waals surface area (Å²) in [5.41, 5.74) is -0.316. The zero-order valence-electron chi connectivity index (χ0n) is 14.5. The van der Waals surface area contributed by atoms with Gasteiger partial charge in [0, 0.05) is 19.0 Å². The van der Waals surface area contributed by atoms with Gasteiger partial charge in [0.15, 0.2) is 18.3 Å². The number of hydrogen-bond donors (Lipinski definition) is 2. The Balaban J connectivity index is 1.86. The monoisotopic (exact) mass is 426 g/mol. The highest BCUT2D eigenvalue weighted by Crippen LogP contribution is 2.29. The van der Waals surface area contributed by atoms with E-state index >= 15 is 0 Å². The van der Waals surface area contributed by atoms with Gasteiger partial charge in [0.25, 0.3) is 0 Å². The molecule has 0 aliphatic carbocycles. The Morgan fingerprint density at radius 1 is 1.14 bits per heavy atom. The van der Waals surface area contributed by atoms with Crippen LogP contribution >= 0.6 is 11.3 Å². The molecule has 0 saturated heterocycles. The number of hydrogen-bond acceptors (Lipinski definition) is 4. The Morgan fingerprint density at radius 2 is 1.86 bits per heavy atom. The van der Waals surface area contributed by atoms with Crippen LogP contribution in [0.15, 0.2) is 34.6 Å². The van der Waals surface area contributed by atoms with Crippen LogP contribution in [0.4, 0.5) is 26.3 Å². The highest BCUT2D eigenvalue weighted by atomic mass is 32.1. The van der Waals surface area contributed by atoms with Gasteiger partial charge in [-0.2, -0.15) is 26.3 Å². The van der Waals surface area contributed by atoms with Crippen molar-refractivity contribution >= 4 is 17.3 Å². The topological polar surface area (TPSA) is 58.5 Å². The lowest BCUT2D eigenvalue weighted by atomic mass is 10.2. The molecular formula is C16H16F6N4OS. The molecule has 0 spiro atoms. The highest BCUT2D eigenvalue weighted by molar-refractivity contribution is 7.09. The lowest BCUT2D eigenvalue weighted by molar-refractivity contribution is -0.153. The summed E-state index contributed by atoms with van der Waals surface area (Å²) in [4.78, 5) is 7.43. The standard InChI is InChI=1S/C16H16F6N4OS/c1-23-14(25-7-13-26-12(8-28-13)16(20,21)22)24-6-10-3-2-4-11(5-10)27-9-15(17,18)19/h2-5,8H,6-7,9H2,1H3,(H2,23,24,25). The molecule has 0 bridgehead atoms. The van der Waals surface area contributed by atoms with E-state index in [1.807, 2.05) is 0 Å². The Bertz CT molecular complexity index is 803. The van der Waals surface area contributed by atoms with Gasteiger partial charge in [-0.1, -0.05) is 12.1 Å². The van der Waals surface area contributed by atoms with Gasteiger partial charge < -0.3 is 15.4 Å². The first kappa shape index (κ1) is 21.8. The van der Waals surface area contributed by atoms with Gasteiger partial charge in [-0.15, -0.1) is 11.3 Å². The fourth-order valence-corrected chi connectivity index (χ4v) is 2.74. The van der Waals surface area contributed by atoms with Crippen molar-refractivity contribution in [2.45, 2.75) is 25.4 Å². The van der Waals surface area contributed by atoms with Crippen molar-refractivity contribution < 1.29 is 31.1 Å². The molecule has 0 amide bonds. The van der Waals surface area contributed by atoms with Gasteiger partial charge >= 0.3 is 12.4 Å². The van der Waals surface area contributed by atoms with E-state index in [4.69, 9.17) is 0 Å². The average Bonchev–Trinajstić information content (AvgIpc) is 3.09. The van der Waals surface area contributed by atoms with Crippen LogP contribution in [0.3, 0.4) is 0 Å². The van der Waals surface area contributed by atoms with Crippen molar-refractivity contribution in [3.63, 3.8) is 0 Å². The Labute approximate surface area is 160 Å². The molecule has 2 rings (SSSR count). The van der Waals surface area contributed by atoms with Gasteiger partial charge in [0.2, 0.25) is 0 Å². The SMILES string of the molecule is CN=C(NCc1cccc(OCC(F)(F)F)c1)NCc1nc(C(F)(F)F)cs1. The molecule has 2 aromatic rings. The van der Waals surface area contributed by atoms with Crippen LogP contribution in [-0.2, 0) is 19.3 Å². The minimum absolute atomic E-state index is 0.0369. The number of halogens is 6. The Kier molecular flexibility index (Phi) is 7.11. The van der Waals surface area contributed by atoms with E-state index < -0.39 is 24.7 Å². The molecule has 0 fully saturated rings. The number of aliphatic imine (C=N–C) groups is 1. The van der Waals surface area contributed by atoms with E-state index in [0.717, 1.165) is 16.7 Å². The molecule has 2 N–H and O–H groups in total. The highest BCUT2D eigenvalue weighted by Gasteiger charge is 2.33. The second kappa shape index (κ2) is 9.13. The van der Waals surface area contributed by atoms with E-state index in [9.17, 15) is 26.3 Å². The van der Waals surface area contributed by atoms with Gasteiger partial charge in [0.1, 0.15) is 10.8 Å². The summed E-state index contributed by atoms with van der Waals surface area (Å²) in [5, 5.41) is 6.89. The summed E-state index contributed by atoms with van der Waals surface area (Å²) < 4.78 is 78.9. The number of guanidine groups is 1. The Hall–Kier alpha value is -2.50. The molecular weight excluding hydrogens is 410 g/mol. The van der Waals surface area contributed by atoms with E-state index in [0.29, 0.717) is 11.5 Å². The molecule has 0 aliphatic rings. The lowest BCUT2D eigenvalue weighted by Crippen LogP contribution is -2.36. The molecule has 0 atom stereocenters. The largest absolute Gasteiger partial charge is 0.484 e. The van der Waals surface area contributed by atoms with E-state index in [2.05, 4.69) is 25.3 Å². The molecule has 0 aliphatic heterocycles. The second-order valence-electron chi connectivity index (χ2n) is 5.45. The smallest absolute Gasteiger partial charge is 0.434 e. The van der Waals surface area contributed by atoms with Crippen molar-refractivity contribution in [1.29, 1.82) is 0 Å². The molecule has 0 radical (unpaired) electrons. The summed E-state index contributed by atoms with van der Waals surface area (Å²) in [7, 11) is 1.47. The van der Waals surface area contributed by atoms with Gasteiger partial charge in [-0.3, -0.25) is 4.99 Å². The lowest BCUT2D eigenvalue weighted by Gasteiger charge is -2.13. The fraction of sp³-hybridized carbons (Fsp3) is 0.375. The average molecular weight is 426 g/mol. The van der Waals surface area contributed by atoms with Crippen LogP contribution in [-0.4, -0.2) is 30.8 Å². The van der Waals surface area contributed by atoms with E-state index in [1.165, 1.54) is 19.2 Å². The van der Waals surface area contributed by atoms with Crippen LogP contribution in [0.1, 0.15) is 16.3 Å². The molecule has 0 unspecified atom stereocenters. The summed E-state index contributed by atoms with van der Waals surface area (Å²) >= 11 is 0.868. The summed E-state index contributed by atoms with van der Waals surface area (Å²) in [6.45, 7) is -1.13. The third-order valence-electron chi connectivity index (χ3n) is 3.23. The van der Waals surface area contributed by atoms with Crippen LogP contribution in [0.5, 0.6) is 5.75 Å². The molecule has 28 heavy (non-hydrogen) atoms. The minimum atomic E-state index is -4.49. The predicted octanol–water partition coefficient (Wildman–Crippen LogP) is 3.97. The zero-order valence-corrected chi connectivity index (χ0v) is 15.3. The van der Waals surface area contributed by atoms with E-state index in [-0.39, 0.29) is 23.8 Å². The van der Waals surface area contributed by atoms with Gasteiger partial charge in [-0.25, -0.2) is 4.98 Å². The number of aromatic nitrogens is 1. The third-order valence-corrected chi connectivity index (χ3v) is 4.08. The van der Waals surface area contributed by atoms with Crippen molar-refractivity contribution in [2.24, 2.45) is 4.99 Å². The van der Waals surface area contributed by atoms with Crippen LogP contribution in [0.2, 0.25) is 0 Å². The molecule has 1 heterocycles. The zero-order chi connectivity index (χ0) is 20.8. The number of nitrogens with zero attached hydrogens (tertiary/aromatic N) is 2. The summed E-state index contributed by atoms with van der Waals surface area (Å²) in [5.74, 6) is 0.368. The maximum absolute atomic E-state index is 12.5. The number of rotatable bonds is 6. The quantitative estimate of drug-likeness (QED) is 0.417. The summed E-state index contributed by atoms with van der Waals surface area (Å²) in [6, 6.07) is 6.08. The summed E-state index contributed by atoms with van der Waals surface area (Å²) in [6.07, 6.45) is -8.92. The van der Waals surface area contributed by atoms with Gasteiger partial charge in [-0.05, 0) is 17.7 Å². The van der Waals surface area contributed by atoms with Crippen molar-refractivity contribution in [3.05, 3.63) is 45.9 Å². The Morgan fingerprint density at radius 3 is 2.46 bits per heavy atom. The maximum Gasteiger partial charge on any atom is 0.434 e. The number of nitrogens with one attached hydrogen (secondary N) is 2. The van der Waals surface area contributed by atoms with Gasteiger partial charge in [0.05, 0.1) is 6.54 Å². The van der Waals surface area contributed by atoms with Crippen molar-refractivity contribution in [3.8, 4) is 5.75 Å². The van der Waals surface area contributed by atoms with Crippen molar-refractivity contribution in [1.82, 2.24) is 15.6 Å². The fourth-order valence-electron chi connectivity index (χ4n) is 2.00. The maximum atomic E-state index is 12.5.